The molecule has 10 heteroatoms. The lowest BCUT2D eigenvalue weighted by Crippen LogP contribution is -2.61. The molecule has 2 saturated heterocycles. The average molecular weight is 382 g/mol. The predicted octanol–water partition coefficient (Wildman–Crippen LogP) is 1.46. The summed E-state index contributed by atoms with van der Waals surface area (Å²) in [4.78, 5) is 15.7. The van der Waals surface area contributed by atoms with Gasteiger partial charge in [-0.3, -0.25) is 4.79 Å². The number of hydrogen-bond acceptors (Lipinski definition) is 7. The van der Waals surface area contributed by atoms with Gasteiger partial charge in [-0.15, -0.1) is 10.2 Å². The van der Waals surface area contributed by atoms with Crippen molar-refractivity contribution in [3.05, 3.63) is 35.3 Å². The Kier molecular flexibility index (Phi) is 4.55. The number of halogens is 2. The molecule has 2 aliphatic heterocycles. The zero-order valence-corrected chi connectivity index (χ0v) is 14.5. The molecule has 7 nitrogen and oxygen atoms in total. The lowest BCUT2D eigenvalue weighted by molar-refractivity contribution is -0.143. The van der Waals surface area contributed by atoms with Crippen molar-refractivity contribution in [2.45, 2.75) is 5.60 Å². The van der Waals surface area contributed by atoms with E-state index >= 15 is 0 Å². The molecule has 0 radical (unpaired) electrons. The largest absolute Gasteiger partial charge is 0.376 e. The van der Waals surface area contributed by atoms with Gasteiger partial charge in [-0.2, -0.15) is 0 Å². The van der Waals surface area contributed by atoms with Crippen molar-refractivity contribution < 1.29 is 23.0 Å². The van der Waals surface area contributed by atoms with Crippen LogP contribution in [0.2, 0.25) is 0 Å². The molecule has 1 spiro atoms. The summed E-state index contributed by atoms with van der Waals surface area (Å²) < 4.78 is 38.4. The highest BCUT2D eigenvalue weighted by Crippen LogP contribution is 2.30. The van der Waals surface area contributed by atoms with E-state index in [1.54, 1.807) is 5.51 Å². The minimum Gasteiger partial charge on any atom is -0.376 e. The van der Waals surface area contributed by atoms with Crippen LogP contribution < -0.4 is 9.80 Å². The molecule has 0 saturated carbocycles. The van der Waals surface area contributed by atoms with E-state index in [4.69, 9.17) is 9.47 Å². The third-order valence-electron chi connectivity index (χ3n) is 4.43. The van der Waals surface area contributed by atoms with Gasteiger partial charge in [-0.05, 0) is 12.1 Å². The van der Waals surface area contributed by atoms with Gasteiger partial charge in [0, 0.05) is 18.3 Å². The van der Waals surface area contributed by atoms with Gasteiger partial charge in [0.05, 0.1) is 26.3 Å². The molecule has 2 aliphatic rings. The molecule has 1 aromatic heterocycles. The Hall–Kier alpha value is -2.17. The summed E-state index contributed by atoms with van der Waals surface area (Å²) in [6.07, 6.45) is 0. The molecule has 1 unspecified atom stereocenters. The Morgan fingerprint density at radius 3 is 2.88 bits per heavy atom. The molecule has 0 aliphatic carbocycles. The lowest BCUT2D eigenvalue weighted by Gasteiger charge is -2.42. The number of aromatic nitrogens is 2. The Labute approximate surface area is 152 Å². The highest BCUT2D eigenvalue weighted by Gasteiger charge is 2.44. The van der Waals surface area contributed by atoms with Gasteiger partial charge in [0.1, 0.15) is 17.7 Å². The van der Waals surface area contributed by atoms with E-state index in [0.29, 0.717) is 25.4 Å². The molecular formula is C16H16F2N4O3S. The summed E-state index contributed by atoms with van der Waals surface area (Å²) >= 11 is 1.41. The lowest BCUT2D eigenvalue weighted by atomic mass is 10.0. The van der Waals surface area contributed by atoms with Crippen LogP contribution in [-0.4, -0.2) is 61.2 Å². The van der Waals surface area contributed by atoms with E-state index in [2.05, 4.69) is 10.2 Å². The first-order valence-electron chi connectivity index (χ1n) is 8.05. The van der Waals surface area contributed by atoms with Crippen molar-refractivity contribution in [1.82, 2.24) is 10.2 Å². The van der Waals surface area contributed by atoms with Gasteiger partial charge in [-0.1, -0.05) is 11.3 Å². The van der Waals surface area contributed by atoms with Crippen LogP contribution in [0.25, 0.3) is 0 Å². The highest BCUT2D eigenvalue weighted by molar-refractivity contribution is 7.13. The van der Waals surface area contributed by atoms with Crippen LogP contribution in [0, 0.1) is 11.6 Å². The van der Waals surface area contributed by atoms with E-state index in [9.17, 15) is 13.6 Å². The highest BCUT2D eigenvalue weighted by atomic mass is 32.1. The van der Waals surface area contributed by atoms with Gasteiger partial charge < -0.3 is 19.3 Å². The van der Waals surface area contributed by atoms with Crippen molar-refractivity contribution in [1.29, 1.82) is 0 Å². The zero-order chi connectivity index (χ0) is 18.1. The molecule has 26 heavy (non-hydrogen) atoms. The Morgan fingerprint density at radius 2 is 2.12 bits per heavy atom. The number of hydrogen-bond donors (Lipinski definition) is 0. The molecule has 1 aromatic carbocycles. The number of amides is 1. The number of nitrogens with zero attached hydrogens (tertiary/aromatic N) is 4. The van der Waals surface area contributed by atoms with Crippen LogP contribution in [0.1, 0.15) is 0 Å². The Morgan fingerprint density at radius 1 is 1.23 bits per heavy atom. The quantitative estimate of drug-likeness (QED) is 0.783. The Balaban J connectivity index is 1.61. The molecule has 1 amide bonds. The fraction of sp³-hybridized carbons (Fsp3) is 0.438. The maximum absolute atomic E-state index is 13.6. The summed E-state index contributed by atoms with van der Waals surface area (Å²) in [6, 6.07) is 3.42. The number of benzene rings is 1. The number of ether oxygens (including phenoxy) is 2. The summed E-state index contributed by atoms with van der Waals surface area (Å²) in [5.41, 5.74) is 1.15. The molecule has 138 valence electrons. The molecule has 4 rings (SSSR count). The van der Waals surface area contributed by atoms with Crippen LogP contribution in [0.4, 0.5) is 19.6 Å². The third kappa shape index (κ3) is 3.27. The van der Waals surface area contributed by atoms with E-state index in [-0.39, 0.29) is 25.7 Å². The standard InChI is InChI=1S/C16H16F2N4O3S/c17-12-2-1-11(5-13(12)18)22-8-16(25-6-14(22)23)7-21(3-4-24-9-16)15-20-19-10-26-15/h1-2,5,10H,3-4,6-9H2. The molecule has 2 fully saturated rings. The molecule has 0 bridgehead atoms. The van der Waals surface area contributed by atoms with Crippen LogP contribution in [-0.2, 0) is 14.3 Å². The van der Waals surface area contributed by atoms with E-state index in [1.807, 2.05) is 4.90 Å². The van der Waals surface area contributed by atoms with Gasteiger partial charge in [0.2, 0.25) is 5.13 Å². The van der Waals surface area contributed by atoms with Crippen LogP contribution in [0.5, 0.6) is 0 Å². The average Bonchev–Trinajstić information content (AvgIpc) is 3.09. The molecular weight excluding hydrogens is 366 g/mol. The maximum atomic E-state index is 13.6. The topological polar surface area (TPSA) is 67.8 Å². The number of anilines is 2. The number of rotatable bonds is 2. The van der Waals surface area contributed by atoms with Crippen LogP contribution in [0.3, 0.4) is 0 Å². The first kappa shape index (κ1) is 17.3. The molecule has 2 aromatic rings. The van der Waals surface area contributed by atoms with Crippen molar-refractivity contribution in [2.75, 3.05) is 49.3 Å². The van der Waals surface area contributed by atoms with Gasteiger partial charge in [0.25, 0.3) is 5.91 Å². The molecule has 3 heterocycles. The van der Waals surface area contributed by atoms with Crippen LogP contribution >= 0.6 is 11.3 Å². The van der Waals surface area contributed by atoms with Crippen molar-refractivity contribution in [3.8, 4) is 0 Å². The summed E-state index contributed by atoms with van der Waals surface area (Å²) in [7, 11) is 0. The zero-order valence-electron chi connectivity index (χ0n) is 13.7. The minimum atomic E-state index is -0.997. The number of morpholine rings is 1. The SMILES string of the molecule is O=C1COC2(COCCN(c3nncs3)C2)CN1c1ccc(F)c(F)c1. The van der Waals surface area contributed by atoms with Gasteiger partial charge in [-0.25, -0.2) is 8.78 Å². The van der Waals surface area contributed by atoms with E-state index in [1.165, 1.54) is 22.3 Å². The fourth-order valence-electron chi connectivity index (χ4n) is 3.16. The summed E-state index contributed by atoms with van der Waals surface area (Å²) in [6.45, 7) is 1.87. The van der Waals surface area contributed by atoms with Crippen molar-refractivity contribution in [3.63, 3.8) is 0 Å². The fourth-order valence-corrected chi connectivity index (χ4v) is 3.75. The number of carbonyl (C=O) groups excluding carboxylic acids is 1. The summed E-state index contributed by atoms with van der Waals surface area (Å²) in [5, 5.41) is 8.69. The second-order valence-corrected chi connectivity index (χ2v) is 7.06. The molecule has 0 N–H and O–H groups in total. The normalized spacial score (nSPS) is 24.2. The second kappa shape index (κ2) is 6.86. The van der Waals surface area contributed by atoms with Crippen molar-refractivity contribution >= 4 is 28.1 Å². The first-order valence-corrected chi connectivity index (χ1v) is 8.93. The minimum absolute atomic E-state index is 0.160. The first-order chi connectivity index (χ1) is 12.6. The second-order valence-electron chi connectivity index (χ2n) is 6.25. The van der Waals surface area contributed by atoms with E-state index in [0.717, 1.165) is 17.3 Å². The maximum Gasteiger partial charge on any atom is 0.253 e. The van der Waals surface area contributed by atoms with Crippen molar-refractivity contribution in [2.24, 2.45) is 0 Å². The van der Waals surface area contributed by atoms with Crippen LogP contribution in [0.15, 0.2) is 23.7 Å². The smallest absolute Gasteiger partial charge is 0.253 e. The molecule has 1 atom stereocenters. The monoisotopic (exact) mass is 382 g/mol. The number of carbonyl (C=O) groups is 1. The third-order valence-corrected chi connectivity index (χ3v) is 5.18. The summed E-state index contributed by atoms with van der Waals surface area (Å²) in [5.74, 6) is -2.26. The predicted molar refractivity (Wildman–Crippen MR) is 90.3 cm³/mol. The van der Waals surface area contributed by atoms with Gasteiger partial charge >= 0.3 is 0 Å². The Bertz CT molecular complexity index is 807. The van der Waals surface area contributed by atoms with E-state index < -0.39 is 17.2 Å². The van der Waals surface area contributed by atoms with Gasteiger partial charge in [0.15, 0.2) is 11.6 Å².